The zero-order valence-electron chi connectivity index (χ0n) is 18.2. The van der Waals surface area contributed by atoms with E-state index in [0.29, 0.717) is 27.3 Å². The largest absolute Gasteiger partial charge is 0.497 e. The van der Waals surface area contributed by atoms with Gasteiger partial charge >= 0.3 is 0 Å². The van der Waals surface area contributed by atoms with Crippen molar-refractivity contribution in [2.75, 3.05) is 12.4 Å². The van der Waals surface area contributed by atoms with Crippen LogP contribution >= 0.6 is 23.4 Å². The number of aliphatic imine (C=N–C) groups is 1. The summed E-state index contributed by atoms with van der Waals surface area (Å²) in [5.74, 6) is -0.217. The summed E-state index contributed by atoms with van der Waals surface area (Å²) in [6.07, 6.45) is -0.0454. The van der Waals surface area contributed by atoms with Gasteiger partial charge in [-0.3, -0.25) is 14.5 Å². The van der Waals surface area contributed by atoms with E-state index in [4.69, 9.17) is 16.3 Å². The molecular weight excluding hydrogens is 477 g/mol. The van der Waals surface area contributed by atoms with Gasteiger partial charge in [0.1, 0.15) is 16.8 Å². The number of para-hydroxylation sites is 1. The normalized spacial score (nSPS) is 16.7. The number of nitrogens with zero attached hydrogens (tertiary/aromatic N) is 2. The first kappa shape index (κ1) is 23.8. The second-order valence-electron chi connectivity index (χ2n) is 7.48. The molecule has 4 rings (SSSR count). The number of halogens is 2. The molecule has 0 bridgehead atoms. The van der Waals surface area contributed by atoms with Crippen molar-refractivity contribution in [1.82, 2.24) is 4.90 Å². The Labute approximate surface area is 205 Å². The standard InChI is InChI=1S/C25H21ClFN3O3S/c1-33-19-12-6-16(7-13-19)15-30-24(32)22(14-23(31)29-21-5-3-2-4-20(21)26)34-25(30)28-18-10-8-17(27)9-11-18/h2-13,22H,14-15H2,1H3,(H,29,31). The van der Waals surface area contributed by atoms with Crippen LogP contribution in [0.5, 0.6) is 5.75 Å². The summed E-state index contributed by atoms with van der Waals surface area (Å²) in [6, 6.07) is 20.0. The lowest BCUT2D eigenvalue weighted by molar-refractivity contribution is -0.128. The Kier molecular flexibility index (Phi) is 7.49. The molecule has 2 amide bonds. The van der Waals surface area contributed by atoms with E-state index in [0.717, 1.165) is 5.56 Å². The van der Waals surface area contributed by atoms with E-state index < -0.39 is 5.25 Å². The third kappa shape index (κ3) is 5.76. The fraction of sp³-hybridized carbons (Fsp3) is 0.160. The minimum absolute atomic E-state index is 0.0454. The number of methoxy groups -OCH3 is 1. The SMILES string of the molecule is COc1ccc(CN2C(=O)C(CC(=O)Nc3ccccc3Cl)SC2=Nc2ccc(F)cc2)cc1. The first-order valence-electron chi connectivity index (χ1n) is 10.4. The van der Waals surface area contributed by atoms with Gasteiger partial charge in [0.2, 0.25) is 11.8 Å². The number of rotatable bonds is 7. The molecule has 1 aliphatic rings. The molecule has 1 unspecified atom stereocenters. The molecule has 1 fully saturated rings. The average Bonchev–Trinajstić information content (AvgIpc) is 3.11. The molecular formula is C25H21ClFN3O3S. The van der Waals surface area contributed by atoms with Crippen LogP contribution in [0.2, 0.25) is 5.02 Å². The number of carbonyl (C=O) groups excluding carboxylic acids is 2. The molecule has 1 atom stereocenters. The van der Waals surface area contributed by atoms with Crippen LogP contribution < -0.4 is 10.1 Å². The van der Waals surface area contributed by atoms with Crippen LogP contribution in [0.25, 0.3) is 0 Å². The number of thioether (sulfide) groups is 1. The van der Waals surface area contributed by atoms with E-state index in [-0.39, 0.29) is 30.6 Å². The quantitative estimate of drug-likeness (QED) is 0.458. The van der Waals surface area contributed by atoms with Crippen molar-refractivity contribution in [3.05, 3.63) is 89.2 Å². The molecule has 0 spiro atoms. The lowest BCUT2D eigenvalue weighted by Gasteiger charge is -2.17. The number of hydrogen-bond donors (Lipinski definition) is 1. The topological polar surface area (TPSA) is 71.0 Å². The summed E-state index contributed by atoms with van der Waals surface area (Å²) in [6.45, 7) is 0.276. The van der Waals surface area contributed by atoms with Crippen LogP contribution in [-0.4, -0.2) is 34.2 Å². The van der Waals surface area contributed by atoms with E-state index >= 15 is 0 Å². The average molecular weight is 498 g/mol. The fourth-order valence-electron chi connectivity index (χ4n) is 3.34. The summed E-state index contributed by atoms with van der Waals surface area (Å²) in [5.41, 5.74) is 1.88. The lowest BCUT2D eigenvalue weighted by atomic mass is 10.2. The van der Waals surface area contributed by atoms with Gasteiger partial charge in [0, 0.05) is 6.42 Å². The molecule has 0 aliphatic carbocycles. The number of anilines is 1. The molecule has 1 N–H and O–H groups in total. The molecule has 0 radical (unpaired) electrons. The molecule has 34 heavy (non-hydrogen) atoms. The summed E-state index contributed by atoms with van der Waals surface area (Å²) in [4.78, 5) is 32.0. The van der Waals surface area contributed by atoms with Crippen LogP contribution in [0.15, 0.2) is 77.8 Å². The van der Waals surface area contributed by atoms with Gasteiger partial charge in [-0.1, -0.05) is 47.6 Å². The second kappa shape index (κ2) is 10.7. The number of hydrogen-bond acceptors (Lipinski definition) is 5. The maximum atomic E-state index is 13.3. The van der Waals surface area contributed by atoms with E-state index in [1.807, 2.05) is 24.3 Å². The number of benzene rings is 3. The first-order chi connectivity index (χ1) is 16.4. The number of carbonyl (C=O) groups is 2. The fourth-order valence-corrected chi connectivity index (χ4v) is 4.68. The van der Waals surface area contributed by atoms with Crippen LogP contribution in [0.3, 0.4) is 0 Å². The summed E-state index contributed by atoms with van der Waals surface area (Å²) >= 11 is 7.33. The van der Waals surface area contributed by atoms with Gasteiger partial charge in [-0.2, -0.15) is 0 Å². The number of ether oxygens (including phenoxy) is 1. The van der Waals surface area contributed by atoms with Crippen molar-refractivity contribution in [2.24, 2.45) is 4.99 Å². The highest BCUT2D eigenvalue weighted by molar-refractivity contribution is 8.15. The zero-order chi connectivity index (χ0) is 24.1. The Morgan fingerprint density at radius 2 is 1.82 bits per heavy atom. The maximum absolute atomic E-state index is 13.3. The monoisotopic (exact) mass is 497 g/mol. The van der Waals surface area contributed by atoms with Crippen LogP contribution in [0, 0.1) is 5.82 Å². The molecule has 0 saturated carbocycles. The Morgan fingerprint density at radius 3 is 2.50 bits per heavy atom. The van der Waals surface area contributed by atoms with Crippen molar-refractivity contribution in [1.29, 1.82) is 0 Å². The molecule has 6 nitrogen and oxygen atoms in total. The van der Waals surface area contributed by atoms with E-state index in [1.54, 1.807) is 36.3 Å². The molecule has 0 aromatic heterocycles. The van der Waals surface area contributed by atoms with E-state index in [2.05, 4.69) is 10.3 Å². The van der Waals surface area contributed by atoms with Gasteiger partial charge in [0.25, 0.3) is 0 Å². The summed E-state index contributed by atoms with van der Waals surface area (Å²) < 4.78 is 18.5. The second-order valence-corrected chi connectivity index (χ2v) is 9.06. The van der Waals surface area contributed by atoms with Gasteiger partial charge in [-0.05, 0) is 54.1 Å². The molecule has 1 aliphatic heterocycles. The molecule has 174 valence electrons. The van der Waals surface area contributed by atoms with Crippen LogP contribution in [0.1, 0.15) is 12.0 Å². The van der Waals surface area contributed by atoms with Gasteiger partial charge in [0.05, 0.1) is 30.1 Å². The van der Waals surface area contributed by atoms with Crippen molar-refractivity contribution in [3.63, 3.8) is 0 Å². The van der Waals surface area contributed by atoms with Crippen LogP contribution in [0.4, 0.5) is 15.8 Å². The molecule has 1 saturated heterocycles. The smallest absolute Gasteiger partial charge is 0.242 e. The Morgan fingerprint density at radius 1 is 1.12 bits per heavy atom. The zero-order valence-corrected chi connectivity index (χ0v) is 19.8. The van der Waals surface area contributed by atoms with Gasteiger partial charge < -0.3 is 10.1 Å². The predicted molar refractivity (Wildman–Crippen MR) is 133 cm³/mol. The number of nitrogens with one attached hydrogen (secondary N) is 1. The molecule has 9 heteroatoms. The molecule has 3 aromatic rings. The highest BCUT2D eigenvalue weighted by atomic mass is 35.5. The van der Waals surface area contributed by atoms with Gasteiger partial charge in [-0.15, -0.1) is 0 Å². The summed E-state index contributed by atoms with van der Waals surface area (Å²) in [7, 11) is 1.58. The Bertz CT molecular complexity index is 1220. The number of amides is 2. The van der Waals surface area contributed by atoms with Crippen molar-refractivity contribution >= 4 is 51.7 Å². The molecule has 3 aromatic carbocycles. The van der Waals surface area contributed by atoms with Gasteiger partial charge in [-0.25, -0.2) is 9.38 Å². The Balaban J connectivity index is 1.55. The number of amidine groups is 1. The third-order valence-electron chi connectivity index (χ3n) is 5.09. The van der Waals surface area contributed by atoms with E-state index in [1.165, 1.54) is 36.0 Å². The van der Waals surface area contributed by atoms with Crippen molar-refractivity contribution < 1.29 is 18.7 Å². The minimum atomic E-state index is -0.653. The highest BCUT2D eigenvalue weighted by Gasteiger charge is 2.39. The van der Waals surface area contributed by atoms with Crippen LogP contribution in [-0.2, 0) is 16.1 Å². The molecule has 1 heterocycles. The van der Waals surface area contributed by atoms with Crippen molar-refractivity contribution in [3.8, 4) is 5.75 Å². The lowest BCUT2D eigenvalue weighted by Crippen LogP contribution is -2.33. The summed E-state index contributed by atoms with van der Waals surface area (Å²) in [5, 5.41) is 2.97. The maximum Gasteiger partial charge on any atom is 0.242 e. The predicted octanol–water partition coefficient (Wildman–Crippen LogP) is 5.65. The third-order valence-corrected chi connectivity index (χ3v) is 6.59. The Hall–Kier alpha value is -3.36. The highest BCUT2D eigenvalue weighted by Crippen LogP contribution is 2.33. The minimum Gasteiger partial charge on any atom is -0.497 e. The van der Waals surface area contributed by atoms with E-state index in [9.17, 15) is 14.0 Å². The van der Waals surface area contributed by atoms with Crippen molar-refractivity contribution in [2.45, 2.75) is 18.2 Å². The van der Waals surface area contributed by atoms with Gasteiger partial charge in [0.15, 0.2) is 5.17 Å². The first-order valence-corrected chi connectivity index (χ1v) is 11.7.